The highest BCUT2D eigenvalue weighted by Crippen LogP contribution is 2.28. The average Bonchev–Trinajstić information content (AvgIpc) is 2.61. The molecule has 0 aromatic carbocycles. The molecule has 2 heterocycles. The van der Waals surface area contributed by atoms with Crippen molar-refractivity contribution in [2.75, 3.05) is 19.6 Å². The lowest BCUT2D eigenvalue weighted by Gasteiger charge is -2.30. The van der Waals surface area contributed by atoms with Gasteiger partial charge in [-0.3, -0.25) is 4.90 Å². The monoisotopic (exact) mass is 226 g/mol. The molecule has 0 aliphatic carbocycles. The quantitative estimate of drug-likeness (QED) is 0.738. The topological polar surface area (TPSA) is 41.6 Å². The lowest BCUT2D eigenvalue weighted by molar-refractivity contribution is 0.0908. The van der Waals surface area contributed by atoms with Gasteiger partial charge in [0.2, 0.25) is 0 Å². The van der Waals surface area contributed by atoms with Crippen LogP contribution in [0.3, 0.4) is 0 Å². The number of hydrogen-bond donors (Lipinski definition) is 1. The number of cyclic esters (lactones) is 1. The van der Waals surface area contributed by atoms with E-state index in [-0.39, 0.29) is 17.7 Å². The number of ether oxygens (including phenoxy) is 1. The van der Waals surface area contributed by atoms with Crippen LogP contribution >= 0.6 is 0 Å². The fourth-order valence-corrected chi connectivity index (χ4v) is 2.47. The Morgan fingerprint density at radius 3 is 2.69 bits per heavy atom. The number of piperidine rings is 1. The number of hydrogen-bond acceptors (Lipinski definition) is 3. The predicted octanol–water partition coefficient (Wildman–Crippen LogP) is 1.61. The molecular formula is C12H22N2O2. The zero-order valence-corrected chi connectivity index (χ0v) is 10.5. The van der Waals surface area contributed by atoms with Gasteiger partial charge >= 0.3 is 6.09 Å². The van der Waals surface area contributed by atoms with Crippen LogP contribution < -0.4 is 5.32 Å². The van der Waals surface area contributed by atoms with Crippen LogP contribution in [-0.4, -0.2) is 42.3 Å². The van der Waals surface area contributed by atoms with Crippen LogP contribution in [0.5, 0.6) is 0 Å². The summed E-state index contributed by atoms with van der Waals surface area (Å²) in [4.78, 5) is 13.6. The smallest absolute Gasteiger partial charge is 0.410 e. The minimum Gasteiger partial charge on any atom is -0.444 e. The maximum Gasteiger partial charge on any atom is 0.410 e. The van der Waals surface area contributed by atoms with Crippen LogP contribution in [0.25, 0.3) is 0 Å². The van der Waals surface area contributed by atoms with E-state index < -0.39 is 0 Å². The van der Waals surface area contributed by atoms with Crippen molar-refractivity contribution in [2.45, 2.75) is 45.3 Å². The van der Waals surface area contributed by atoms with Crippen molar-refractivity contribution in [2.24, 2.45) is 5.92 Å². The van der Waals surface area contributed by atoms with Crippen molar-refractivity contribution in [1.29, 1.82) is 0 Å². The molecule has 4 nitrogen and oxygen atoms in total. The maximum absolute atomic E-state index is 11.8. The highest BCUT2D eigenvalue weighted by molar-refractivity contribution is 5.70. The fourth-order valence-electron chi connectivity index (χ4n) is 2.47. The minimum absolute atomic E-state index is 0.0829. The Hall–Kier alpha value is -0.770. The molecule has 1 amide bonds. The first-order chi connectivity index (χ1) is 7.48. The Bertz CT molecular complexity index is 267. The van der Waals surface area contributed by atoms with Gasteiger partial charge in [-0.05, 0) is 40.2 Å². The largest absolute Gasteiger partial charge is 0.444 e. The first-order valence-electron chi connectivity index (χ1n) is 6.17. The summed E-state index contributed by atoms with van der Waals surface area (Å²) < 4.78 is 5.49. The van der Waals surface area contributed by atoms with E-state index in [9.17, 15) is 4.79 Å². The van der Waals surface area contributed by atoms with Crippen LogP contribution in [0.15, 0.2) is 0 Å². The minimum atomic E-state index is -0.150. The Morgan fingerprint density at radius 2 is 2.19 bits per heavy atom. The van der Waals surface area contributed by atoms with E-state index in [1.807, 2.05) is 4.90 Å². The third-order valence-electron chi connectivity index (χ3n) is 3.51. The third kappa shape index (κ3) is 2.32. The average molecular weight is 226 g/mol. The first kappa shape index (κ1) is 11.7. The van der Waals surface area contributed by atoms with Gasteiger partial charge in [0.15, 0.2) is 0 Å². The SMILES string of the molecule is CC(C)(C)N1CC(C2CCCNC2)OC1=O. The van der Waals surface area contributed by atoms with Gasteiger partial charge in [-0.1, -0.05) is 0 Å². The van der Waals surface area contributed by atoms with E-state index in [1.165, 1.54) is 12.8 Å². The van der Waals surface area contributed by atoms with Gasteiger partial charge in [0.05, 0.1) is 6.54 Å². The summed E-state index contributed by atoms with van der Waals surface area (Å²) in [6.07, 6.45) is 2.29. The molecule has 1 N–H and O–H groups in total. The molecule has 0 aromatic heterocycles. The summed E-state index contributed by atoms with van der Waals surface area (Å²) >= 11 is 0. The van der Waals surface area contributed by atoms with Gasteiger partial charge in [0.1, 0.15) is 6.10 Å². The Kier molecular flexibility index (Phi) is 3.10. The maximum atomic E-state index is 11.8. The molecule has 4 heteroatoms. The van der Waals surface area contributed by atoms with Gasteiger partial charge < -0.3 is 10.1 Å². The molecule has 2 saturated heterocycles. The molecule has 2 aliphatic heterocycles. The predicted molar refractivity (Wildman–Crippen MR) is 62.3 cm³/mol. The number of carbonyl (C=O) groups is 1. The second kappa shape index (κ2) is 4.24. The van der Waals surface area contributed by atoms with E-state index in [2.05, 4.69) is 26.1 Å². The number of nitrogens with zero attached hydrogens (tertiary/aromatic N) is 1. The van der Waals surface area contributed by atoms with Gasteiger partial charge in [0.25, 0.3) is 0 Å². The highest BCUT2D eigenvalue weighted by atomic mass is 16.6. The first-order valence-corrected chi connectivity index (χ1v) is 6.17. The fraction of sp³-hybridized carbons (Fsp3) is 0.917. The number of nitrogens with one attached hydrogen (secondary N) is 1. The summed E-state index contributed by atoms with van der Waals surface area (Å²) in [6, 6.07) is 0. The van der Waals surface area contributed by atoms with Crippen molar-refractivity contribution in [3.8, 4) is 0 Å². The second-order valence-electron chi connectivity index (χ2n) is 5.81. The molecular weight excluding hydrogens is 204 g/mol. The van der Waals surface area contributed by atoms with E-state index in [1.54, 1.807) is 0 Å². The zero-order chi connectivity index (χ0) is 11.8. The molecule has 2 atom stereocenters. The number of rotatable bonds is 1. The van der Waals surface area contributed by atoms with Crippen LogP contribution in [0.4, 0.5) is 4.79 Å². The molecule has 2 fully saturated rings. The van der Waals surface area contributed by atoms with E-state index >= 15 is 0 Å². The van der Waals surface area contributed by atoms with Gasteiger partial charge in [-0.2, -0.15) is 0 Å². The lowest BCUT2D eigenvalue weighted by atomic mass is 9.93. The molecule has 92 valence electrons. The molecule has 0 radical (unpaired) electrons. The van der Waals surface area contributed by atoms with E-state index in [0.29, 0.717) is 5.92 Å². The summed E-state index contributed by atoms with van der Waals surface area (Å²) in [5.74, 6) is 0.491. The summed E-state index contributed by atoms with van der Waals surface area (Å²) in [5, 5.41) is 3.37. The number of amides is 1. The van der Waals surface area contributed by atoms with Crippen LogP contribution in [0, 0.1) is 5.92 Å². The Labute approximate surface area is 97.3 Å². The molecule has 0 aromatic rings. The summed E-state index contributed by atoms with van der Waals surface area (Å²) in [5.41, 5.74) is -0.131. The van der Waals surface area contributed by atoms with Crippen LogP contribution in [0.2, 0.25) is 0 Å². The van der Waals surface area contributed by atoms with Gasteiger partial charge in [-0.15, -0.1) is 0 Å². The second-order valence-corrected chi connectivity index (χ2v) is 5.81. The van der Waals surface area contributed by atoms with Crippen molar-refractivity contribution < 1.29 is 9.53 Å². The van der Waals surface area contributed by atoms with Crippen molar-refractivity contribution in [1.82, 2.24) is 10.2 Å². The normalized spacial score (nSPS) is 31.7. The molecule has 0 bridgehead atoms. The number of carbonyl (C=O) groups excluding carboxylic acids is 1. The summed E-state index contributed by atoms with van der Waals surface area (Å²) in [6.45, 7) is 8.98. The van der Waals surface area contributed by atoms with Crippen LogP contribution in [-0.2, 0) is 4.74 Å². The van der Waals surface area contributed by atoms with Crippen LogP contribution in [0.1, 0.15) is 33.6 Å². The Morgan fingerprint density at radius 1 is 1.44 bits per heavy atom. The van der Waals surface area contributed by atoms with Crippen molar-refractivity contribution >= 4 is 6.09 Å². The van der Waals surface area contributed by atoms with Crippen molar-refractivity contribution in [3.05, 3.63) is 0 Å². The molecule has 0 spiro atoms. The van der Waals surface area contributed by atoms with Crippen molar-refractivity contribution in [3.63, 3.8) is 0 Å². The molecule has 0 saturated carbocycles. The zero-order valence-electron chi connectivity index (χ0n) is 10.5. The lowest BCUT2D eigenvalue weighted by Crippen LogP contribution is -2.43. The Balaban J connectivity index is 1.97. The molecule has 2 aliphatic rings. The van der Waals surface area contributed by atoms with Gasteiger partial charge in [-0.25, -0.2) is 4.79 Å². The molecule has 16 heavy (non-hydrogen) atoms. The van der Waals surface area contributed by atoms with E-state index in [0.717, 1.165) is 19.6 Å². The summed E-state index contributed by atoms with van der Waals surface area (Å²) in [7, 11) is 0. The molecule has 2 unspecified atom stereocenters. The standard InChI is InChI=1S/C12H22N2O2/c1-12(2,3)14-8-10(16-11(14)15)9-5-4-6-13-7-9/h9-10,13H,4-8H2,1-3H3. The van der Waals surface area contributed by atoms with Gasteiger partial charge in [0, 0.05) is 18.0 Å². The van der Waals surface area contributed by atoms with E-state index in [4.69, 9.17) is 4.74 Å². The highest BCUT2D eigenvalue weighted by Gasteiger charge is 2.41. The molecule has 2 rings (SSSR count). The third-order valence-corrected chi connectivity index (χ3v) is 3.51.